The summed E-state index contributed by atoms with van der Waals surface area (Å²) in [5, 5.41) is 0. The fourth-order valence-electron chi connectivity index (χ4n) is 1.74. The predicted octanol–water partition coefficient (Wildman–Crippen LogP) is 3.32. The maximum absolute atomic E-state index is 12.9. The van der Waals surface area contributed by atoms with Crippen LogP contribution in [0.4, 0.5) is 10.1 Å². The first-order valence-electron chi connectivity index (χ1n) is 4.46. The van der Waals surface area contributed by atoms with Crippen LogP contribution in [0.3, 0.4) is 0 Å². The van der Waals surface area contributed by atoms with E-state index in [9.17, 15) is 4.39 Å². The quantitative estimate of drug-likeness (QED) is 0.567. The largest absolute Gasteiger partial charge is 0.311 e. The average Bonchev–Trinajstić information content (AvgIpc) is 2.44. The van der Waals surface area contributed by atoms with Crippen molar-refractivity contribution in [3.8, 4) is 0 Å². The number of fused-ring (bicyclic) bond motifs is 1. The molecule has 0 N–H and O–H groups in total. The summed E-state index contributed by atoms with van der Waals surface area (Å²) in [5.41, 5.74) is 2.31. The van der Waals surface area contributed by atoms with Gasteiger partial charge in [-0.05, 0) is 30.5 Å². The molecular weight excluding hydrogens is 280 g/mol. The molecule has 0 amide bonds. The van der Waals surface area contributed by atoms with Crippen molar-refractivity contribution in [1.29, 1.82) is 0 Å². The van der Waals surface area contributed by atoms with E-state index in [1.165, 1.54) is 5.56 Å². The van der Waals surface area contributed by atoms with Crippen molar-refractivity contribution in [2.75, 3.05) is 3.11 Å². The summed E-state index contributed by atoms with van der Waals surface area (Å²) in [7, 11) is 0. The van der Waals surface area contributed by atoms with Crippen LogP contribution in [0.25, 0.3) is 0 Å². The second-order valence-electron chi connectivity index (χ2n) is 3.35. The van der Waals surface area contributed by atoms with Crippen molar-refractivity contribution in [3.63, 3.8) is 0 Å². The van der Waals surface area contributed by atoms with E-state index in [-0.39, 0.29) is 5.82 Å². The Balaban J connectivity index is 2.39. The van der Waals surface area contributed by atoms with Crippen molar-refractivity contribution in [2.24, 2.45) is 0 Å². The fourth-order valence-corrected chi connectivity index (χ4v) is 2.78. The van der Waals surface area contributed by atoms with Gasteiger partial charge in [0.25, 0.3) is 0 Å². The summed E-state index contributed by atoms with van der Waals surface area (Å²) in [4.78, 5) is 0. The van der Waals surface area contributed by atoms with Gasteiger partial charge in [-0.25, -0.2) is 4.39 Å². The molecule has 1 aromatic rings. The van der Waals surface area contributed by atoms with Gasteiger partial charge in [-0.2, -0.15) is 0 Å². The topological polar surface area (TPSA) is 3.24 Å². The van der Waals surface area contributed by atoms with Gasteiger partial charge in [-0.1, -0.05) is 13.0 Å². The molecule has 1 unspecified atom stereocenters. The van der Waals surface area contributed by atoms with Crippen LogP contribution in [-0.4, -0.2) is 6.04 Å². The van der Waals surface area contributed by atoms with Gasteiger partial charge < -0.3 is 3.11 Å². The molecule has 0 aromatic heterocycles. The summed E-state index contributed by atoms with van der Waals surface area (Å²) in [5.74, 6) is -0.142. The predicted molar refractivity (Wildman–Crippen MR) is 60.7 cm³/mol. The minimum atomic E-state index is -0.142. The molecule has 1 aliphatic heterocycles. The molecule has 1 aliphatic rings. The first-order valence-corrected chi connectivity index (χ1v) is 5.42. The normalized spacial score (nSPS) is 20.5. The number of halogens is 2. The number of anilines is 1. The Morgan fingerprint density at radius 3 is 3.08 bits per heavy atom. The summed E-state index contributed by atoms with van der Waals surface area (Å²) < 4.78 is 15.1. The molecule has 2 rings (SSSR count). The Morgan fingerprint density at radius 1 is 1.62 bits per heavy atom. The van der Waals surface area contributed by atoms with Gasteiger partial charge in [0.1, 0.15) is 5.82 Å². The summed E-state index contributed by atoms with van der Waals surface area (Å²) >= 11 is 2.27. The van der Waals surface area contributed by atoms with Crippen LogP contribution in [-0.2, 0) is 6.42 Å². The Hall–Kier alpha value is -0.320. The number of benzene rings is 1. The van der Waals surface area contributed by atoms with Crippen LogP contribution in [0.5, 0.6) is 0 Å². The van der Waals surface area contributed by atoms with Crippen molar-refractivity contribution < 1.29 is 4.39 Å². The molecule has 1 aromatic carbocycles. The molecule has 0 saturated heterocycles. The van der Waals surface area contributed by atoms with Gasteiger partial charge >= 0.3 is 0 Å². The third-order valence-corrected chi connectivity index (χ3v) is 3.83. The molecule has 0 spiro atoms. The number of hydrogen-bond donors (Lipinski definition) is 0. The molecule has 0 bridgehead atoms. The standard InChI is InChI=1S/C10H11FIN/c1-2-9-5-7-3-4-8(11)6-10(7)13(9)12/h3-4,6,9H,2,5H2,1H3. The zero-order valence-electron chi connectivity index (χ0n) is 7.43. The van der Waals surface area contributed by atoms with E-state index in [2.05, 4.69) is 32.9 Å². The van der Waals surface area contributed by atoms with E-state index in [0.29, 0.717) is 6.04 Å². The van der Waals surface area contributed by atoms with Crippen molar-refractivity contribution >= 4 is 28.6 Å². The lowest BCUT2D eigenvalue weighted by molar-refractivity contribution is 0.628. The van der Waals surface area contributed by atoms with Crippen LogP contribution < -0.4 is 3.11 Å². The molecule has 13 heavy (non-hydrogen) atoms. The highest BCUT2D eigenvalue weighted by atomic mass is 127. The van der Waals surface area contributed by atoms with E-state index in [4.69, 9.17) is 0 Å². The van der Waals surface area contributed by atoms with Gasteiger partial charge in [-0.3, -0.25) is 0 Å². The van der Waals surface area contributed by atoms with Crippen LogP contribution in [0.15, 0.2) is 18.2 Å². The molecule has 0 aliphatic carbocycles. The summed E-state index contributed by atoms with van der Waals surface area (Å²) in [6.45, 7) is 2.17. The maximum atomic E-state index is 12.9. The third-order valence-electron chi connectivity index (χ3n) is 2.52. The van der Waals surface area contributed by atoms with Gasteiger partial charge in [-0.15, -0.1) is 0 Å². The lowest BCUT2D eigenvalue weighted by atomic mass is 10.1. The van der Waals surface area contributed by atoms with Gasteiger partial charge in [0.05, 0.1) is 28.6 Å². The smallest absolute Gasteiger partial charge is 0.125 e. The molecule has 0 radical (unpaired) electrons. The van der Waals surface area contributed by atoms with Crippen LogP contribution >= 0.6 is 22.9 Å². The minimum Gasteiger partial charge on any atom is -0.311 e. The molecular formula is C10H11FIN. The lowest BCUT2D eigenvalue weighted by Gasteiger charge is -2.17. The highest BCUT2D eigenvalue weighted by Gasteiger charge is 2.26. The highest BCUT2D eigenvalue weighted by molar-refractivity contribution is 14.1. The second-order valence-corrected chi connectivity index (χ2v) is 4.39. The van der Waals surface area contributed by atoms with E-state index >= 15 is 0 Å². The van der Waals surface area contributed by atoms with E-state index in [1.54, 1.807) is 12.1 Å². The Kier molecular flexibility index (Phi) is 2.45. The van der Waals surface area contributed by atoms with E-state index in [1.807, 2.05) is 6.07 Å². The molecule has 1 nitrogen and oxygen atoms in total. The first kappa shape index (κ1) is 9.24. The van der Waals surface area contributed by atoms with Crippen LogP contribution in [0.2, 0.25) is 0 Å². The fraction of sp³-hybridized carbons (Fsp3) is 0.400. The Bertz CT molecular complexity index is 327. The Labute approximate surface area is 91.4 Å². The number of rotatable bonds is 1. The third kappa shape index (κ3) is 1.54. The maximum Gasteiger partial charge on any atom is 0.125 e. The molecule has 3 heteroatoms. The molecule has 1 heterocycles. The molecule has 70 valence electrons. The monoisotopic (exact) mass is 291 g/mol. The first-order chi connectivity index (χ1) is 6.22. The summed E-state index contributed by atoms with van der Waals surface area (Å²) in [6.07, 6.45) is 2.16. The van der Waals surface area contributed by atoms with Crippen molar-refractivity contribution in [2.45, 2.75) is 25.8 Å². The van der Waals surface area contributed by atoms with Gasteiger partial charge in [0.2, 0.25) is 0 Å². The average molecular weight is 291 g/mol. The van der Waals surface area contributed by atoms with Crippen molar-refractivity contribution in [1.82, 2.24) is 0 Å². The van der Waals surface area contributed by atoms with E-state index < -0.39 is 0 Å². The molecule has 1 atom stereocenters. The van der Waals surface area contributed by atoms with Crippen molar-refractivity contribution in [3.05, 3.63) is 29.6 Å². The summed E-state index contributed by atoms with van der Waals surface area (Å²) in [6, 6.07) is 5.60. The minimum absolute atomic E-state index is 0.142. The zero-order valence-corrected chi connectivity index (χ0v) is 9.58. The second kappa shape index (κ2) is 3.44. The lowest BCUT2D eigenvalue weighted by Crippen LogP contribution is -2.20. The molecule has 0 saturated carbocycles. The van der Waals surface area contributed by atoms with Gasteiger partial charge in [0, 0.05) is 6.04 Å². The molecule has 0 fully saturated rings. The highest BCUT2D eigenvalue weighted by Crippen LogP contribution is 2.36. The van der Waals surface area contributed by atoms with Crippen LogP contribution in [0.1, 0.15) is 18.9 Å². The van der Waals surface area contributed by atoms with Gasteiger partial charge in [0.15, 0.2) is 0 Å². The zero-order chi connectivity index (χ0) is 9.42. The SMILES string of the molecule is CCC1Cc2ccc(F)cc2N1I. The van der Waals surface area contributed by atoms with E-state index in [0.717, 1.165) is 18.5 Å². The number of nitrogens with zero attached hydrogens (tertiary/aromatic N) is 1. The number of hydrogen-bond acceptors (Lipinski definition) is 1. The Morgan fingerprint density at radius 2 is 2.38 bits per heavy atom. The van der Waals surface area contributed by atoms with Crippen LogP contribution in [0, 0.1) is 5.82 Å².